The molecule has 0 amide bonds. The van der Waals surface area contributed by atoms with Crippen molar-refractivity contribution in [2.24, 2.45) is 0 Å². The highest BCUT2D eigenvalue weighted by atomic mass is 32.2. The fourth-order valence-electron chi connectivity index (χ4n) is 0.961. The summed E-state index contributed by atoms with van der Waals surface area (Å²) < 4.78 is 10.9. The van der Waals surface area contributed by atoms with Crippen LogP contribution in [0.1, 0.15) is 26.2 Å². The minimum Gasteiger partial charge on any atom is -0.396 e. The van der Waals surface area contributed by atoms with Gasteiger partial charge in [-0.1, -0.05) is 0 Å². The summed E-state index contributed by atoms with van der Waals surface area (Å²) in [6.45, 7) is 4.05. The van der Waals surface area contributed by atoms with E-state index >= 15 is 0 Å². The van der Waals surface area contributed by atoms with Crippen molar-refractivity contribution in [1.82, 2.24) is 5.32 Å². The van der Waals surface area contributed by atoms with Gasteiger partial charge in [0, 0.05) is 35.5 Å². The third kappa shape index (κ3) is 8.40. The number of nitrogens with one attached hydrogen (secondary N) is 1. The molecule has 0 aromatic carbocycles. The Morgan fingerprint density at radius 2 is 2.08 bits per heavy atom. The van der Waals surface area contributed by atoms with Gasteiger partial charge in [0.1, 0.15) is 0 Å². The summed E-state index contributed by atoms with van der Waals surface area (Å²) in [6, 6.07) is 0. The van der Waals surface area contributed by atoms with Crippen LogP contribution in [0.2, 0.25) is 0 Å². The Labute approximate surface area is 83.4 Å². The van der Waals surface area contributed by atoms with Gasteiger partial charge in [-0.15, -0.1) is 0 Å². The lowest BCUT2D eigenvalue weighted by atomic mass is 10.2. The summed E-state index contributed by atoms with van der Waals surface area (Å²) in [5.41, 5.74) is 0. The molecule has 0 aliphatic carbocycles. The van der Waals surface area contributed by atoms with Gasteiger partial charge in [0.05, 0.1) is 0 Å². The standard InChI is InChI=1S/C9H21NO2S/c1-9(13(2)12)8-10-6-4-3-5-7-11/h9-11H,3-8H2,1-2H3. The number of aliphatic hydroxyl groups is 1. The summed E-state index contributed by atoms with van der Waals surface area (Å²) >= 11 is 0. The molecule has 0 heterocycles. The molecule has 0 aliphatic rings. The molecule has 2 unspecified atom stereocenters. The molecule has 0 rings (SSSR count). The van der Waals surface area contributed by atoms with Crippen molar-refractivity contribution in [3.05, 3.63) is 0 Å². The second kappa shape index (κ2) is 8.66. The van der Waals surface area contributed by atoms with Crippen molar-refractivity contribution in [2.75, 3.05) is 26.0 Å². The maximum atomic E-state index is 10.9. The van der Waals surface area contributed by atoms with Crippen LogP contribution in [0.4, 0.5) is 0 Å². The molecule has 0 radical (unpaired) electrons. The normalized spacial score (nSPS) is 15.6. The van der Waals surface area contributed by atoms with E-state index in [-0.39, 0.29) is 11.9 Å². The fraction of sp³-hybridized carbons (Fsp3) is 1.00. The van der Waals surface area contributed by atoms with Crippen LogP contribution in [0.15, 0.2) is 0 Å². The van der Waals surface area contributed by atoms with E-state index in [0.717, 1.165) is 32.4 Å². The molecular formula is C9H21NO2S. The second-order valence-electron chi connectivity index (χ2n) is 3.30. The zero-order chi connectivity index (χ0) is 10.1. The van der Waals surface area contributed by atoms with Gasteiger partial charge in [-0.05, 0) is 32.7 Å². The van der Waals surface area contributed by atoms with Crippen LogP contribution in [0.25, 0.3) is 0 Å². The van der Waals surface area contributed by atoms with E-state index in [9.17, 15) is 4.21 Å². The third-order valence-electron chi connectivity index (χ3n) is 2.01. The Kier molecular flexibility index (Phi) is 8.71. The highest BCUT2D eigenvalue weighted by Crippen LogP contribution is 1.93. The minimum atomic E-state index is -0.722. The summed E-state index contributed by atoms with van der Waals surface area (Å²) in [4.78, 5) is 0. The molecule has 0 aromatic heterocycles. The molecule has 2 N–H and O–H groups in total. The van der Waals surface area contributed by atoms with Crippen LogP contribution in [0, 0.1) is 0 Å². The lowest BCUT2D eigenvalue weighted by Gasteiger charge is -2.09. The largest absolute Gasteiger partial charge is 0.396 e. The average Bonchev–Trinajstić information content (AvgIpc) is 2.10. The molecule has 0 bridgehead atoms. The highest BCUT2D eigenvalue weighted by Gasteiger charge is 2.03. The molecule has 80 valence electrons. The molecule has 0 fully saturated rings. The van der Waals surface area contributed by atoms with Gasteiger partial charge in [-0.2, -0.15) is 0 Å². The zero-order valence-electron chi connectivity index (χ0n) is 8.58. The molecule has 4 heteroatoms. The average molecular weight is 207 g/mol. The topological polar surface area (TPSA) is 49.3 Å². The summed E-state index contributed by atoms with van der Waals surface area (Å²) in [5, 5.41) is 12.0. The predicted molar refractivity (Wildman–Crippen MR) is 57.3 cm³/mol. The van der Waals surface area contributed by atoms with Crippen LogP contribution >= 0.6 is 0 Å². The van der Waals surface area contributed by atoms with Gasteiger partial charge in [0.2, 0.25) is 0 Å². The van der Waals surface area contributed by atoms with Crippen molar-refractivity contribution < 1.29 is 9.32 Å². The van der Waals surface area contributed by atoms with E-state index in [4.69, 9.17) is 5.11 Å². The monoisotopic (exact) mass is 207 g/mol. The first-order valence-corrected chi connectivity index (χ1v) is 6.44. The van der Waals surface area contributed by atoms with Gasteiger partial charge in [-0.3, -0.25) is 4.21 Å². The van der Waals surface area contributed by atoms with Crippen molar-refractivity contribution in [3.63, 3.8) is 0 Å². The Bertz CT molecular complexity index is 142. The smallest absolute Gasteiger partial charge is 0.0441 e. The number of hydrogen-bond donors (Lipinski definition) is 2. The van der Waals surface area contributed by atoms with Crippen LogP contribution in [0.3, 0.4) is 0 Å². The Hall–Kier alpha value is 0.0700. The summed E-state index contributed by atoms with van der Waals surface area (Å²) in [5.74, 6) is 0. The van der Waals surface area contributed by atoms with Gasteiger partial charge in [0.25, 0.3) is 0 Å². The third-order valence-corrected chi connectivity index (χ3v) is 3.31. The first-order chi connectivity index (χ1) is 6.18. The van der Waals surface area contributed by atoms with Gasteiger partial charge in [0.15, 0.2) is 0 Å². The molecular weight excluding hydrogens is 186 g/mol. The van der Waals surface area contributed by atoms with Gasteiger partial charge in [-0.25, -0.2) is 0 Å². The van der Waals surface area contributed by atoms with Gasteiger partial charge < -0.3 is 10.4 Å². The molecule has 0 spiro atoms. The second-order valence-corrected chi connectivity index (χ2v) is 5.10. The molecule has 0 saturated carbocycles. The van der Waals surface area contributed by atoms with E-state index < -0.39 is 10.8 Å². The SMILES string of the molecule is CC(CNCCCCCO)S(C)=O. The quantitative estimate of drug-likeness (QED) is 0.570. The molecule has 0 aliphatic heterocycles. The van der Waals surface area contributed by atoms with E-state index in [1.807, 2.05) is 6.92 Å². The lowest BCUT2D eigenvalue weighted by molar-refractivity contribution is 0.283. The Morgan fingerprint density at radius 1 is 1.38 bits per heavy atom. The number of unbranched alkanes of at least 4 members (excludes halogenated alkanes) is 2. The van der Waals surface area contributed by atoms with E-state index in [1.54, 1.807) is 6.26 Å². The fourth-order valence-corrected chi connectivity index (χ4v) is 1.31. The molecule has 13 heavy (non-hydrogen) atoms. The van der Waals surface area contributed by atoms with E-state index in [1.165, 1.54) is 0 Å². The minimum absolute atomic E-state index is 0.234. The van der Waals surface area contributed by atoms with E-state index in [0.29, 0.717) is 0 Å². The molecule has 2 atom stereocenters. The number of rotatable bonds is 8. The molecule has 0 saturated heterocycles. The first kappa shape index (κ1) is 13.1. The summed E-state index contributed by atoms with van der Waals surface area (Å²) in [6.07, 6.45) is 4.77. The van der Waals surface area contributed by atoms with Gasteiger partial charge >= 0.3 is 0 Å². The zero-order valence-corrected chi connectivity index (χ0v) is 9.40. The molecule has 0 aromatic rings. The van der Waals surface area contributed by atoms with Crippen molar-refractivity contribution in [2.45, 2.75) is 31.4 Å². The predicted octanol–water partition coefficient (Wildman–Crippen LogP) is 0.506. The summed E-state index contributed by atoms with van der Waals surface area (Å²) in [7, 11) is -0.722. The Balaban J connectivity index is 3.11. The maximum Gasteiger partial charge on any atom is 0.0441 e. The number of aliphatic hydroxyl groups excluding tert-OH is 1. The maximum absolute atomic E-state index is 10.9. The highest BCUT2D eigenvalue weighted by molar-refractivity contribution is 7.84. The van der Waals surface area contributed by atoms with Crippen LogP contribution in [-0.2, 0) is 10.8 Å². The van der Waals surface area contributed by atoms with Crippen LogP contribution in [-0.4, -0.2) is 40.5 Å². The lowest BCUT2D eigenvalue weighted by Crippen LogP contribution is -2.28. The van der Waals surface area contributed by atoms with E-state index in [2.05, 4.69) is 5.32 Å². The van der Waals surface area contributed by atoms with Crippen LogP contribution in [0.5, 0.6) is 0 Å². The van der Waals surface area contributed by atoms with Crippen molar-refractivity contribution in [1.29, 1.82) is 0 Å². The van der Waals surface area contributed by atoms with Crippen LogP contribution < -0.4 is 5.32 Å². The van der Waals surface area contributed by atoms with Crippen molar-refractivity contribution >= 4 is 10.8 Å². The molecule has 3 nitrogen and oxygen atoms in total. The first-order valence-electron chi connectivity index (χ1n) is 4.82. The van der Waals surface area contributed by atoms with Crippen molar-refractivity contribution in [3.8, 4) is 0 Å². The number of hydrogen-bond acceptors (Lipinski definition) is 3. The Morgan fingerprint density at radius 3 is 2.62 bits per heavy atom.